The number of aryl methyl sites for hydroxylation is 1. The lowest BCUT2D eigenvalue weighted by Gasteiger charge is -2.25. The fourth-order valence-electron chi connectivity index (χ4n) is 8.03. The fourth-order valence-corrected chi connectivity index (χ4v) is 8.03. The van der Waals surface area contributed by atoms with Crippen LogP contribution in [0.2, 0.25) is 0 Å². The van der Waals surface area contributed by atoms with E-state index in [1.807, 2.05) is 23.1 Å². The van der Waals surface area contributed by atoms with E-state index in [0.29, 0.717) is 17.7 Å². The molecule has 0 radical (unpaired) electrons. The van der Waals surface area contributed by atoms with Crippen molar-refractivity contribution in [3.63, 3.8) is 0 Å². The number of para-hydroxylation sites is 1. The van der Waals surface area contributed by atoms with Gasteiger partial charge in [0.2, 0.25) is 5.69 Å². The van der Waals surface area contributed by atoms with Gasteiger partial charge < -0.3 is 4.90 Å². The SMILES string of the molecule is Cc1cc(N2C(=CC=CC3=[N+](CCC4CCCCC4)c4ccccc4C3(C)C)Cc3ccc4ccccc4c32)cc(C(F)(F)F)c1. The molecule has 0 saturated heterocycles. The maximum atomic E-state index is 14.0. The zero-order valence-corrected chi connectivity index (χ0v) is 27.0. The van der Waals surface area contributed by atoms with Crippen molar-refractivity contribution in [1.82, 2.24) is 0 Å². The van der Waals surface area contributed by atoms with E-state index in [1.54, 1.807) is 6.92 Å². The van der Waals surface area contributed by atoms with Gasteiger partial charge in [-0.15, -0.1) is 0 Å². The summed E-state index contributed by atoms with van der Waals surface area (Å²) >= 11 is 0. The number of rotatable bonds is 6. The highest BCUT2D eigenvalue weighted by atomic mass is 19.4. The fraction of sp³-hybridized carbons (Fsp3) is 0.341. The van der Waals surface area contributed by atoms with Gasteiger partial charge in [-0.3, -0.25) is 0 Å². The first kappa shape index (κ1) is 30.5. The molecule has 46 heavy (non-hydrogen) atoms. The summed E-state index contributed by atoms with van der Waals surface area (Å²) in [7, 11) is 0. The largest absolute Gasteiger partial charge is 0.416 e. The van der Waals surface area contributed by atoms with Gasteiger partial charge in [-0.05, 0) is 67.5 Å². The Morgan fingerprint density at radius 3 is 2.48 bits per heavy atom. The van der Waals surface area contributed by atoms with Gasteiger partial charge in [0.05, 0.1) is 16.7 Å². The number of anilines is 2. The highest BCUT2D eigenvalue weighted by molar-refractivity contribution is 6.03. The third-order valence-corrected chi connectivity index (χ3v) is 10.3. The van der Waals surface area contributed by atoms with Gasteiger partial charge >= 0.3 is 6.18 Å². The second-order valence-electron chi connectivity index (χ2n) is 13.9. The Hall–Kier alpha value is -4.12. The molecule has 0 unspecified atom stereocenters. The molecular weight excluding hydrogens is 577 g/mol. The molecule has 2 heterocycles. The van der Waals surface area contributed by atoms with Crippen LogP contribution in [-0.4, -0.2) is 16.8 Å². The van der Waals surface area contributed by atoms with Crippen molar-refractivity contribution in [2.45, 2.75) is 77.3 Å². The predicted octanol–water partition coefficient (Wildman–Crippen LogP) is 11.3. The van der Waals surface area contributed by atoms with Crippen LogP contribution in [-0.2, 0) is 18.0 Å². The Morgan fingerprint density at radius 1 is 0.913 bits per heavy atom. The number of hydrogen-bond acceptors (Lipinski definition) is 1. The Bertz CT molecular complexity index is 1890. The second kappa shape index (κ2) is 11.9. The normalized spacial score (nSPS) is 19.1. The molecule has 0 aromatic heterocycles. The molecule has 236 valence electrons. The van der Waals surface area contributed by atoms with Crippen LogP contribution in [0.1, 0.15) is 74.6 Å². The van der Waals surface area contributed by atoms with Gasteiger partial charge in [-0.1, -0.05) is 92.8 Å². The number of alkyl halides is 3. The lowest BCUT2D eigenvalue weighted by Crippen LogP contribution is -2.28. The molecule has 0 bridgehead atoms. The maximum absolute atomic E-state index is 14.0. The summed E-state index contributed by atoms with van der Waals surface area (Å²) in [5.41, 5.74) is 7.28. The number of halogens is 3. The third-order valence-electron chi connectivity index (χ3n) is 10.3. The summed E-state index contributed by atoms with van der Waals surface area (Å²) < 4.78 is 44.5. The molecule has 1 aliphatic carbocycles. The molecular formula is C41H42F3N2+. The number of benzene rings is 4. The average Bonchev–Trinajstić information content (AvgIpc) is 3.52. The molecule has 0 amide bonds. The minimum absolute atomic E-state index is 0.162. The van der Waals surface area contributed by atoms with Crippen LogP contribution in [0.3, 0.4) is 0 Å². The molecule has 3 aliphatic rings. The standard InChI is InChI=1S/C41H42F3N2/c1-28-24-32(41(42,43)44)27-34(25-28)46-33(26-31-21-20-30-14-7-8-16-35(30)39(31)46)15-11-19-38-40(2,3)36-17-9-10-18-37(36)45(38)23-22-29-12-5-4-6-13-29/h7-11,14-21,24-25,27,29H,4-6,12-13,22-23,26H2,1-3H3/q+1. The topological polar surface area (TPSA) is 6.25 Å². The van der Waals surface area contributed by atoms with E-state index in [-0.39, 0.29) is 5.41 Å². The lowest BCUT2D eigenvalue weighted by molar-refractivity contribution is -0.439. The number of nitrogens with zero attached hydrogens (tertiary/aromatic N) is 2. The molecule has 0 N–H and O–H groups in total. The number of fused-ring (bicyclic) bond motifs is 4. The van der Waals surface area contributed by atoms with Crippen molar-refractivity contribution in [3.05, 3.63) is 125 Å². The van der Waals surface area contributed by atoms with Crippen molar-refractivity contribution in [2.24, 2.45) is 5.92 Å². The molecule has 1 fully saturated rings. The van der Waals surface area contributed by atoms with Crippen LogP contribution in [0.25, 0.3) is 10.8 Å². The smallest absolute Gasteiger partial charge is 0.313 e. The van der Waals surface area contributed by atoms with E-state index < -0.39 is 11.7 Å². The molecule has 1 saturated carbocycles. The van der Waals surface area contributed by atoms with E-state index >= 15 is 0 Å². The van der Waals surface area contributed by atoms with Crippen LogP contribution < -0.4 is 4.90 Å². The van der Waals surface area contributed by atoms with Gasteiger partial charge in [-0.2, -0.15) is 17.7 Å². The monoisotopic (exact) mass is 619 g/mol. The van der Waals surface area contributed by atoms with Gasteiger partial charge in [-0.25, -0.2) is 0 Å². The van der Waals surface area contributed by atoms with Crippen molar-refractivity contribution in [2.75, 3.05) is 11.4 Å². The van der Waals surface area contributed by atoms with Crippen LogP contribution in [0.4, 0.5) is 30.2 Å². The third kappa shape index (κ3) is 5.59. The Labute approximate surface area is 270 Å². The van der Waals surface area contributed by atoms with Crippen molar-refractivity contribution in [1.29, 1.82) is 0 Å². The van der Waals surface area contributed by atoms with Crippen LogP contribution >= 0.6 is 0 Å². The van der Waals surface area contributed by atoms with Gasteiger partial charge in [0.15, 0.2) is 5.71 Å². The van der Waals surface area contributed by atoms with Gasteiger partial charge in [0.1, 0.15) is 6.54 Å². The van der Waals surface area contributed by atoms with Gasteiger partial charge in [0.25, 0.3) is 0 Å². The predicted molar refractivity (Wildman–Crippen MR) is 184 cm³/mol. The van der Waals surface area contributed by atoms with E-state index in [2.05, 4.69) is 85.2 Å². The summed E-state index contributed by atoms with van der Waals surface area (Å²) in [4.78, 5) is 2.05. The Morgan fingerprint density at radius 2 is 1.67 bits per heavy atom. The molecule has 2 nitrogen and oxygen atoms in total. The Balaban J connectivity index is 1.31. The van der Waals surface area contributed by atoms with E-state index in [9.17, 15) is 13.2 Å². The first-order valence-corrected chi connectivity index (χ1v) is 16.7. The Kier molecular flexibility index (Phi) is 7.91. The van der Waals surface area contributed by atoms with Crippen molar-refractivity contribution in [3.8, 4) is 0 Å². The molecule has 4 aromatic carbocycles. The zero-order valence-electron chi connectivity index (χ0n) is 27.0. The summed E-state index contributed by atoms with van der Waals surface area (Å²) in [6.07, 6.45) is 10.6. The summed E-state index contributed by atoms with van der Waals surface area (Å²) in [5.74, 6) is 0.785. The molecule has 2 aliphatic heterocycles. The van der Waals surface area contributed by atoms with E-state index in [1.165, 1.54) is 67.6 Å². The first-order chi connectivity index (χ1) is 22.1. The molecule has 5 heteroatoms. The number of hydrogen-bond donors (Lipinski definition) is 0. The van der Waals surface area contributed by atoms with Crippen LogP contribution in [0.15, 0.2) is 103 Å². The molecule has 4 aromatic rings. The van der Waals surface area contributed by atoms with Crippen LogP contribution in [0.5, 0.6) is 0 Å². The first-order valence-electron chi connectivity index (χ1n) is 16.7. The van der Waals surface area contributed by atoms with Crippen molar-refractivity contribution < 1.29 is 17.7 Å². The molecule has 0 spiro atoms. The minimum Gasteiger partial charge on any atom is -0.313 e. The zero-order chi connectivity index (χ0) is 32.1. The molecule has 7 rings (SSSR count). The summed E-state index contributed by atoms with van der Waals surface area (Å²) in [6, 6.07) is 25.5. The summed E-state index contributed by atoms with van der Waals surface area (Å²) in [5, 5.41) is 2.11. The highest BCUT2D eigenvalue weighted by Gasteiger charge is 2.44. The maximum Gasteiger partial charge on any atom is 0.416 e. The highest BCUT2D eigenvalue weighted by Crippen LogP contribution is 2.47. The van der Waals surface area contributed by atoms with Crippen LogP contribution in [0, 0.1) is 12.8 Å². The quantitative estimate of drug-likeness (QED) is 0.195. The lowest BCUT2D eigenvalue weighted by atomic mass is 9.81. The average molecular weight is 620 g/mol. The van der Waals surface area contributed by atoms with Gasteiger partial charge in [0, 0.05) is 47.3 Å². The summed E-state index contributed by atoms with van der Waals surface area (Å²) in [6.45, 7) is 7.33. The van der Waals surface area contributed by atoms with E-state index in [0.717, 1.165) is 40.2 Å². The van der Waals surface area contributed by atoms with Crippen molar-refractivity contribution >= 4 is 33.5 Å². The van der Waals surface area contributed by atoms with E-state index in [4.69, 9.17) is 0 Å². The molecule has 0 atom stereocenters. The second-order valence-corrected chi connectivity index (χ2v) is 13.9. The minimum atomic E-state index is -4.42. The number of allylic oxidation sites excluding steroid dienone is 4.